The van der Waals surface area contributed by atoms with Gasteiger partial charge in [0.25, 0.3) is 0 Å². The Kier molecular flexibility index (Phi) is 8.03. The maximum atomic E-state index is 13.1. The zero-order valence-electron chi connectivity index (χ0n) is 14.9. The number of hydrogen-bond acceptors (Lipinski definition) is 2. The summed E-state index contributed by atoms with van der Waals surface area (Å²) < 4.78 is 13.1. The van der Waals surface area contributed by atoms with Gasteiger partial charge in [-0.3, -0.25) is 4.90 Å². The highest BCUT2D eigenvalue weighted by atomic mass is 19.1. The molecule has 1 aromatic carbocycles. The van der Waals surface area contributed by atoms with Crippen LogP contribution in [0.2, 0.25) is 0 Å². The number of aryl methyl sites for hydroxylation is 1. The summed E-state index contributed by atoms with van der Waals surface area (Å²) in [6.45, 7) is 13.0. The maximum absolute atomic E-state index is 13.1. The highest BCUT2D eigenvalue weighted by Gasteiger charge is 2.18. The topological polar surface area (TPSA) is 44.4 Å². The predicted octanol–water partition coefficient (Wildman–Crippen LogP) is 4.01. The van der Waals surface area contributed by atoms with Crippen LogP contribution in [0.4, 0.5) is 14.9 Å². The number of halogens is 1. The number of amides is 2. The molecule has 130 valence electrons. The molecule has 0 aliphatic rings. The van der Waals surface area contributed by atoms with Crippen molar-refractivity contribution in [2.75, 3.05) is 25.0 Å². The van der Waals surface area contributed by atoms with Gasteiger partial charge in [0.2, 0.25) is 0 Å². The molecule has 1 rings (SSSR count). The Balaban J connectivity index is 2.60. The third-order valence-corrected chi connectivity index (χ3v) is 4.01. The number of urea groups is 1. The number of carbonyl (C=O) groups is 1. The summed E-state index contributed by atoms with van der Waals surface area (Å²) >= 11 is 0. The van der Waals surface area contributed by atoms with Gasteiger partial charge < -0.3 is 10.6 Å². The van der Waals surface area contributed by atoms with Crippen LogP contribution in [0.3, 0.4) is 0 Å². The monoisotopic (exact) mass is 323 g/mol. The summed E-state index contributed by atoms with van der Waals surface area (Å²) in [4.78, 5) is 14.5. The molecule has 0 spiro atoms. The summed E-state index contributed by atoms with van der Waals surface area (Å²) in [6.07, 6.45) is 1.04. The van der Waals surface area contributed by atoms with Crippen molar-refractivity contribution in [3.8, 4) is 0 Å². The standard InChI is InChI=1S/C18H30FN3O/c1-6-22(7-2)16(10-13(3)4)12-20-18(23)21-17-9-8-15(19)11-14(17)5/h8-9,11,13,16H,6-7,10,12H2,1-5H3,(H2,20,21,23). The highest BCUT2D eigenvalue weighted by molar-refractivity contribution is 5.90. The van der Waals surface area contributed by atoms with Crippen LogP contribution in [0, 0.1) is 18.7 Å². The minimum Gasteiger partial charge on any atom is -0.336 e. The van der Waals surface area contributed by atoms with Crippen LogP contribution in [-0.2, 0) is 0 Å². The first-order valence-corrected chi connectivity index (χ1v) is 8.42. The van der Waals surface area contributed by atoms with Crippen LogP contribution in [0.5, 0.6) is 0 Å². The van der Waals surface area contributed by atoms with E-state index in [1.807, 2.05) is 0 Å². The molecule has 23 heavy (non-hydrogen) atoms. The molecule has 0 saturated heterocycles. The normalized spacial score (nSPS) is 12.5. The molecule has 1 unspecified atom stereocenters. The molecule has 5 heteroatoms. The number of nitrogens with zero attached hydrogens (tertiary/aromatic N) is 1. The molecule has 0 saturated carbocycles. The summed E-state index contributed by atoms with van der Waals surface area (Å²) in [7, 11) is 0. The number of likely N-dealkylation sites (N-methyl/N-ethyl adjacent to an activating group) is 1. The number of carbonyl (C=O) groups excluding carboxylic acids is 1. The van der Waals surface area contributed by atoms with Gasteiger partial charge in [-0.05, 0) is 56.1 Å². The summed E-state index contributed by atoms with van der Waals surface area (Å²) in [5, 5.41) is 5.73. The van der Waals surface area contributed by atoms with Crippen LogP contribution < -0.4 is 10.6 Å². The second-order valence-corrected chi connectivity index (χ2v) is 6.30. The lowest BCUT2D eigenvalue weighted by molar-refractivity contribution is 0.186. The fourth-order valence-electron chi connectivity index (χ4n) is 2.79. The van der Waals surface area contributed by atoms with E-state index in [-0.39, 0.29) is 11.8 Å². The first kappa shape index (κ1) is 19.4. The van der Waals surface area contributed by atoms with E-state index in [1.54, 1.807) is 13.0 Å². The summed E-state index contributed by atoms with van der Waals surface area (Å²) in [6, 6.07) is 4.42. The van der Waals surface area contributed by atoms with Gasteiger partial charge in [0.1, 0.15) is 5.82 Å². The van der Waals surface area contributed by atoms with Gasteiger partial charge in [0.05, 0.1) is 0 Å². The van der Waals surface area contributed by atoms with Gasteiger partial charge in [-0.2, -0.15) is 0 Å². The minimum absolute atomic E-state index is 0.249. The molecule has 2 amide bonds. The zero-order valence-corrected chi connectivity index (χ0v) is 14.9. The lowest BCUT2D eigenvalue weighted by Gasteiger charge is -2.31. The minimum atomic E-state index is -0.299. The van der Waals surface area contributed by atoms with Crippen molar-refractivity contribution < 1.29 is 9.18 Å². The van der Waals surface area contributed by atoms with E-state index in [0.717, 1.165) is 19.5 Å². The average molecular weight is 323 g/mol. The van der Waals surface area contributed by atoms with Gasteiger partial charge in [0.15, 0.2) is 0 Å². The van der Waals surface area contributed by atoms with Crippen molar-refractivity contribution in [2.45, 2.75) is 47.1 Å². The molecule has 0 radical (unpaired) electrons. The van der Waals surface area contributed by atoms with Crippen LogP contribution in [0.15, 0.2) is 18.2 Å². The third kappa shape index (κ3) is 6.57. The number of rotatable bonds is 8. The predicted molar refractivity (Wildman–Crippen MR) is 94.3 cm³/mol. The van der Waals surface area contributed by atoms with Gasteiger partial charge in [-0.15, -0.1) is 0 Å². The van der Waals surface area contributed by atoms with Crippen LogP contribution in [-0.4, -0.2) is 36.6 Å². The van der Waals surface area contributed by atoms with Crippen LogP contribution in [0.1, 0.15) is 39.7 Å². The quantitative estimate of drug-likeness (QED) is 0.759. The summed E-state index contributed by atoms with van der Waals surface area (Å²) in [5.41, 5.74) is 1.34. The lowest BCUT2D eigenvalue weighted by Crippen LogP contribution is -2.45. The van der Waals surface area contributed by atoms with E-state index in [1.165, 1.54) is 12.1 Å². The molecular weight excluding hydrogens is 293 g/mol. The summed E-state index contributed by atoms with van der Waals surface area (Å²) in [5.74, 6) is 0.275. The second kappa shape index (κ2) is 9.50. The number of anilines is 1. The fraction of sp³-hybridized carbons (Fsp3) is 0.611. The first-order chi connectivity index (χ1) is 10.9. The SMILES string of the molecule is CCN(CC)C(CNC(=O)Nc1ccc(F)cc1C)CC(C)C. The lowest BCUT2D eigenvalue weighted by atomic mass is 10.0. The largest absolute Gasteiger partial charge is 0.336 e. The van der Waals surface area contributed by atoms with Crippen molar-refractivity contribution in [1.82, 2.24) is 10.2 Å². The Bertz CT molecular complexity index is 501. The molecule has 2 N–H and O–H groups in total. The Morgan fingerprint density at radius 3 is 2.43 bits per heavy atom. The molecule has 0 aromatic heterocycles. The highest BCUT2D eigenvalue weighted by Crippen LogP contribution is 2.15. The molecule has 1 atom stereocenters. The zero-order chi connectivity index (χ0) is 17.4. The molecule has 1 aromatic rings. The van der Waals surface area contributed by atoms with Crippen molar-refractivity contribution in [2.24, 2.45) is 5.92 Å². The smallest absolute Gasteiger partial charge is 0.319 e. The molecule has 0 heterocycles. The van der Waals surface area contributed by atoms with Crippen LogP contribution >= 0.6 is 0 Å². The van der Waals surface area contributed by atoms with Gasteiger partial charge in [-0.1, -0.05) is 27.7 Å². The second-order valence-electron chi connectivity index (χ2n) is 6.30. The Hall–Kier alpha value is -1.62. The van der Waals surface area contributed by atoms with E-state index < -0.39 is 0 Å². The molecule has 0 aliphatic carbocycles. The van der Waals surface area contributed by atoms with Crippen molar-refractivity contribution in [3.63, 3.8) is 0 Å². The first-order valence-electron chi connectivity index (χ1n) is 8.42. The Morgan fingerprint density at radius 1 is 1.26 bits per heavy atom. The third-order valence-electron chi connectivity index (χ3n) is 4.01. The number of benzene rings is 1. The molecule has 4 nitrogen and oxygen atoms in total. The molecule has 0 fully saturated rings. The van der Waals surface area contributed by atoms with E-state index >= 15 is 0 Å². The number of nitrogens with one attached hydrogen (secondary N) is 2. The van der Waals surface area contributed by atoms with E-state index in [9.17, 15) is 9.18 Å². The maximum Gasteiger partial charge on any atom is 0.319 e. The van der Waals surface area contributed by atoms with Crippen LogP contribution in [0.25, 0.3) is 0 Å². The van der Waals surface area contributed by atoms with Gasteiger partial charge in [0, 0.05) is 18.3 Å². The fourth-order valence-corrected chi connectivity index (χ4v) is 2.79. The van der Waals surface area contributed by atoms with E-state index in [4.69, 9.17) is 0 Å². The molecule has 0 bridgehead atoms. The van der Waals surface area contributed by atoms with E-state index in [0.29, 0.717) is 29.8 Å². The van der Waals surface area contributed by atoms with Gasteiger partial charge in [-0.25, -0.2) is 9.18 Å². The van der Waals surface area contributed by atoms with Crippen molar-refractivity contribution >= 4 is 11.7 Å². The molecule has 0 aliphatic heterocycles. The Morgan fingerprint density at radius 2 is 1.91 bits per heavy atom. The average Bonchev–Trinajstić information content (AvgIpc) is 2.48. The van der Waals surface area contributed by atoms with Crippen molar-refractivity contribution in [1.29, 1.82) is 0 Å². The molecular formula is C18H30FN3O. The van der Waals surface area contributed by atoms with E-state index in [2.05, 4.69) is 43.2 Å². The Labute approximate surface area is 139 Å². The van der Waals surface area contributed by atoms with Gasteiger partial charge >= 0.3 is 6.03 Å². The number of hydrogen-bond donors (Lipinski definition) is 2. The van der Waals surface area contributed by atoms with Crippen molar-refractivity contribution in [3.05, 3.63) is 29.6 Å².